The third-order valence-electron chi connectivity index (χ3n) is 4.42. The fourth-order valence-corrected chi connectivity index (χ4v) is 2.90. The van der Waals surface area contributed by atoms with Gasteiger partial charge in [0.1, 0.15) is 0 Å². The molecule has 0 amide bonds. The zero-order valence-electron chi connectivity index (χ0n) is 13.2. The maximum Gasteiger partial charge on any atom is 0.0897 e. The zero-order valence-corrected chi connectivity index (χ0v) is 13.2. The molecule has 0 aromatic carbocycles. The SMILES string of the molecule is CCC1(CNCC(O)COC(C)CC(C)C)CCC1. The monoisotopic (exact) mass is 271 g/mol. The van der Waals surface area contributed by atoms with Crippen LogP contribution >= 0.6 is 0 Å². The van der Waals surface area contributed by atoms with Gasteiger partial charge < -0.3 is 15.2 Å². The van der Waals surface area contributed by atoms with E-state index in [4.69, 9.17) is 4.74 Å². The Kier molecular flexibility index (Phi) is 7.33. The summed E-state index contributed by atoms with van der Waals surface area (Å²) in [6.45, 7) is 10.9. The molecular formula is C16H33NO2. The highest BCUT2D eigenvalue weighted by molar-refractivity contribution is 4.88. The van der Waals surface area contributed by atoms with Crippen molar-refractivity contribution in [1.82, 2.24) is 5.32 Å². The molecule has 2 atom stereocenters. The third-order valence-corrected chi connectivity index (χ3v) is 4.42. The average molecular weight is 271 g/mol. The predicted octanol–water partition coefficient (Wildman–Crippen LogP) is 2.97. The Bertz CT molecular complexity index is 233. The maximum absolute atomic E-state index is 9.90. The van der Waals surface area contributed by atoms with Gasteiger partial charge in [0.2, 0.25) is 0 Å². The highest BCUT2D eigenvalue weighted by atomic mass is 16.5. The van der Waals surface area contributed by atoms with Crippen molar-refractivity contribution in [2.75, 3.05) is 19.7 Å². The van der Waals surface area contributed by atoms with E-state index < -0.39 is 0 Å². The minimum absolute atomic E-state index is 0.239. The van der Waals surface area contributed by atoms with Crippen LogP contribution in [0.15, 0.2) is 0 Å². The summed E-state index contributed by atoms with van der Waals surface area (Å²) in [5.41, 5.74) is 0.519. The Balaban J connectivity index is 2.06. The molecule has 1 fully saturated rings. The van der Waals surface area contributed by atoms with E-state index in [1.807, 2.05) is 0 Å². The van der Waals surface area contributed by atoms with E-state index in [1.54, 1.807) is 0 Å². The van der Waals surface area contributed by atoms with Crippen LogP contribution in [0.1, 0.15) is 59.8 Å². The molecule has 0 radical (unpaired) electrons. The van der Waals surface area contributed by atoms with Gasteiger partial charge in [0.25, 0.3) is 0 Å². The van der Waals surface area contributed by atoms with E-state index in [-0.39, 0.29) is 12.2 Å². The molecule has 2 unspecified atom stereocenters. The summed E-state index contributed by atoms with van der Waals surface area (Å²) in [6, 6.07) is 0. The average Bonchev–Trinajstić information content (AvgIpc) is 2.29. The Labute approximate surface area is 119 Å². The standard InChI is InChI=1S/C16H33NO2/c1-5-16(7-6-8-16)12-17-10-15(18)11-19-14(4)9-13(2)3/h13-15,17-18H,5-12H2,1-4H3. The lowest BCUT2D eigenvalue weighted by Gasteiger charge is -2.41. The van der Waals surface area contributed by atoms with Crippen LogP contribution in [-0.4, -0.2) is 37.0 Å². The van der Waals surface area contributed by atoms with E-state index in [0.29, 0.717) is 24.5 Å². The van der Waals surface area contributed by atoms with Crippen LogP contribution in [0.2, 0.25) is 0 Å². The van der Waals surface area contributed by atoms with Crippen LogP contribution in [0, 0.1) is 11.3 Å². The van der Waals surface area contributed by atoms with Crippen LogP contribution in [0.25, 0.3) is 0 Å². The second kappa shape index (κ2) is 8.23. The molecule has 1 aliphatic rings. The molecule has 3 nitrogen and oxygen atoms in total. The number of hydrogen-bond acceptors (Lipinski definition) is 3. The van der Waals surface area contributed by atoms with Crippen LogP contribution in [0.4, 0.5) is 0 Å². The van der Waals surface area contributed by atoms with Gasteiger partial charge in [-0.1, -0.05) is 27.2 Å². The van der Waals surface area contributed by atoms with Gasteiger partial charge >= 0.3 is 0 Å². The molecule has 19 heavy (non-hydrogen) atoms. The molecule has 0 aromatic heterocycles. The lowest BCUT2D eigenvalue weighted by molar-refractivity contribution is -0.0102. The molecule has 1 aliphatic carbocycles. The van der Waals surface area contributed by atoms with Gasteiger partial charge in [-0.2, -0.15) is 0 Å². The summed E-state index contributed by atoms with van der Waals surface area (Å²) in [5.74, 6) is 0.647. The summed E-state index contributed by atoms with van der Waals surface area (Å²) in [6.07, 6.45) is 6.21. The molecule has 2 N–H and O–H groups in total. The molecule has 0 spiro atoms. The number of rotatable bonds is 10. The number of aliphatic hydroxyl groups excluding tert-OH is 1. The summed E-state index contributed by atoms with van der Waals surface area (Å²) in [5, 5.41) is 13.3. The van der Waals surface area contributed by atoms with E-state index in [1.165, 1.54) is 25.7 Å². The first kappa shape index (κ1) is 16.9. The maximum atomic E-state index is 9.90. The summed E-state index contributed by atoms with van der Waals surface area (Å²) in [7, 11) is 0. The van der Waals surface area contributed by atoms with Crippen molar-refractivity contribution in [2.24, 2.45) is 11.3 Å². The van der Waals surface area contributed by atoms with Crippen molar-refractivity contribution >= 4 is 0 Å². The van der Waals surface area contributed by atoms with Gasteiger partial charge in [0.15, 0.2) is 0 Å². The normalized spacial score (nSPS) is 21.2. The lowest BCUT2D eigenvalue weighted by Crippen LogP contribution is -2.42. The minimum Gasteiger partial charge on any atom is -0.389 e. The molecule has 3 heteroatoms. The largest absolute Gasteiger partial charge is 0.389 e. The Morgan fingerprint density at radius 1 is 1.26 bits per heavy atom. The van der Waals surface area contributed by atoms with Crippen LogP contribution < -0.4 is 5.32 Å². The highest BCUT2D eigenvalue weighted by Crippen LogP contribution is 2.42. The van der Waals surface area contributed by atoms with Gasteiger partial charge in [-0.3, -0.25) is 0 Å². The minimum atomic E-state index is -0.386. The van der Waals surface area contributed by atoms with Crippen molar-refractivity contribution in [1.29, 1.82) is 0 Å². The summed E-state index contributed by atoms with van der Waals surface area (Å²) >= 11 is 0. The fraction of sp³-hybridized carbons (Fsp3) is 1.00. The quantitative estimate of drug-likeness (QED) is 0.642. The van der Waals surface area contributed by atoms with Crippen molar-refractivity contribution in [3.8, 4) is 0 Å². The molecule has 0 aromatic rings. The first-order chi connectivity index (χ1) is 8.97. The lowest BCUT2D eigenvalue weighted by atomic mass is 9.67. The Morgan fingerprint density at radius 2 is 1.95 bits per heavy atom. The van der Waals surface area contributed by atoms with E-state index in [0.717, 1.165) is 13.0 Å². The number of aliphatic hydroxyl groups is 1. The topological polar surface area (TPSA) is 41.5 Å². The van der Waals surface area contributed by atoms with Gasteiger partial charge in [0, 0.05) is 13.1 Å². The fourth-order valence-electron chi connectivity index (χ4n) is 2.90. The number of hydrogen-bond donors (Lipinski definition) is 2. The molecule has 0 bridgehead atoms. The first-order valence-corrected chi connectivity index (χ1v) is 7.98. The smallest absolute Gasteiger partial charge is 0.0897 e. The molecular weight excluding hydrogens is 238 g/mol. The highest BCUT2D eigenvalue weighted by Gasteiger charge is 2.34. The molecule has 1 rings (SSSR count). The summed E-state index contributed by atoms with van der Waals surface area (Å²) in [4.78, 5) is 0. The van der Waals surface area contributed by atoms with Crippen molar-refractivity contribution in [3.63, 3.8) is 0 Å². The van der Waals surface area contributed by atoms with Crippen LogP contribution in [0.3, 0.4) is 0 Å². The predicted molar refractivity (Wildman–Crippen MR) is 80.3 cm³/mol. The van der Waals surface area contributed by atoms with Crippen molar-refractivity contribution in [3.05, 3.63) is 0 Å². The molecule has 114 valence electrons. The molecule has 0 aliphatic heterocycles. The Morgan fingerprint density at radius 3 is 2.42 bits per heavy atom. The first-order valence-electron chi connectivity index (χ1n) is 7.98. The van der Waals surface area contributed by atoms with Crippen molar-refractivity contribution < 1.29 is 9.84 Å². The molecule has 1 saturated carbocycles. The van der Waals surface area contributed by atoms with E-state index in [9.17, 15) is 5.11 Å². The third kappa shape index (κ3) is 6.24. The van der Waals surface area contributed by atoms with Gasteiger partial charge in [-0.05, 0) is 43.9 Å². The molecule has 0 heterocycles. The molecule has 0 saturated heterocycles. The van der Waals surface area contributed by atoms with E-state index in [2.05, 4.69) is 33.0 Å². The number of ether oxygens (including phenoxy) is 1. The summed E-state index contributed by atoms with van der Waals surface area (Å²) < 4.78 is 5.67. The van der Waals surface area contributed by atoms with Crippen LogP contribution in [0.5, 0.6) is 0 Å². The second-order valence-corrected chi connectivity index (χ2v) is 6.77. The zero-order chi connectivity index (χ0) is 14.3. The second-order valence-electron chi connectivity index (χ2n) is 6.77. The number of nitrogens with one attached hydrogen (secondary N) is 1. The van der Waals surface area contributed by atoms with Gasteiger partial charge in [-0.15, -0.1) is 0 Å². The van der Waals surface area contributed by atoms with Crippen molar-refractivity contribution in [2.45, 2.75) is 72.0 Å². The van der Waals surface area contributed by atoms with Gasteiger partial charge in [0.05, 0.1) is 18.8 Å². The van der Waals surface area contributed by atoms with Crippen LogP contribution in [-0.2, 0) is 4.74 Å². The van der Waals surface area contributed by atoms with Gasteiger partial charge in [-0.25, -0.2) is 0 Å². The van der Waals surface area contributed by atoms with E-state index >= 15 is 0 Å². The Hall–Kier alpha value is -0.120.